The number of hydrogen-bond donors (Lipinski definition) is 1. The average molecular weight is 408 g/mol. The molecule has 2 heterocycles. The van der Waals surface area contributed by atoms with Gasteiger partial charge in [-0.3, -0.25) is 9.69 Å². The molecule has 29 heavy (non-hydrogen) atoms. The molecule has 1 aliphatic rings. The summed E-state index contributed by atoms with van der Waals surface area (Å²) in [5.74, 6) is -0.188. The summed E-state index contributed by atoms with van der Waals surface area (Å²) in [5.41, 5.74) is 2.15. The van der Waals surface area contributed by atoms with Gasteiger partial charge in [0.2, 0.25) is 0 Å². The number of hydrogen-bond acceptors (Lipinski definition) is 6. The predicted molar refractivity (Wildman–Crippen MR) is 109 cm³/mol. The lowest BCUT2D eigenvalue weighted by Gasteiger charge is -2.21. The smallest absolute Gasteiger partial charge is 0.409 e. The number of carbonyl (C=O) groups is 3. The number of Topliss-reactive ketones (excluding diaryl/α,β-unsaturated/α-hetero) is 1. The second-order valence-corrected chi connectivity index (χ2v) is 7.86. The molecule has 1 aromatic heterocycles. The Kier molecular flexibility index (Phi) is 8.25. The van der Waals surface area contributed by atoms with Crippen molar-refractivity contribution >= 4 is 17.8 Å². The van der Waals surface area contributed by atoms with Crippen LogP contribution in [0.3, 0.4) is 0 Å². The predicted octanol–water partition coefficient (Wildman–Crippen LogP) is 2.79. The summed E-state index contributed by atoms with van der Waals surface area (Å²) in [5, 5.41) is 0. The third kappa shape index (κ3) is 6.06. The lowest BCUT2D eigenvalue weighted by atomic mass is 10.1. The number of H-pyrrole nitrogens is 1. The van der Waals surface area contributed by atoms with Crippen molar-refractivity contribution in [1.29, 1.82) is 0 Å². The number of ketones is 1. The van der Waals surface area contributed by atoms with Gasteiger partial charge in [0.1, 0.15) is 0 Å². The molecule has 0 atom stereocenters. The van der Waals surface area contributed by atoms with Crippen LogP contribution in [0.2, 0.25) is 0 Å². The number of aromatic nitrogens is 1. The molecule has 162 valence electrons. The van der Waals surface area contributed by atoms with Gasteiger partial charge in [-0.25, -0.2) is 9.59 Å². The molecule has 1 aliphatic heterocycles. The lowest BCUT2D eigenvalue weighted by molar-refractivity contribution is 0.0525. The van der Waals surface area contributed by atoms with Crippen LogP contribution >= 0.6 is 0 Å². The Morgan fingerprint density at radius 3 is 2.45 bits per heavy atom. The zero-order valence-electron chi connectivity index (χ0n) is 18.2. The summed E-state index contributed by atoms with van der Waals surface area (Å²) in [6, 6.07) is 0. The molecule has 0 aromatic carbocycles. The third-order valence-electron chi connectivity index (χ3n) is 4.95. The fourth-order valence-electron chi connectivity index (χ4n) is 3.46. The van der Waals surface area contributed by atoms with Gasteiger partial charge in [0.05, 0.1) is 31.0 Å². The van der Waals surface area contributed by atoms with Crippen molar-refractivity contribution in [2.75, 3.05) is 45.9 Å². The number of nitrogens with zero attached hydrogens (tertiary/aromatic N) is 2. The monoisotopic (exact) mass is 407 g/mol. The van der Waals surface area contributed by atoms with Crippen LogP contribution in [0.1, 0.15) is 59.3 Å². The highest BCUT2D eigenvalue weighted by molar-refractivity contribution is 6.02. The van der Waals surface area contributed by atoms with E-state index in [0.717, 1.165) is 13.0 Å². The van der Waals surface area contributed by atoms with Crippen LogP contribution in [0.4, 0.5) is 4.79 Å². The van der Waals surface area contributed by atoms with Gasteiger partial charge in [0.25, 0.3) is 0 Å². The van der Waals surface area contributed by atoms with Gasteiger partial charge in [0, 0.05) is 31.9 Å². The Morgan fingerprint density at radius 1 is 1.07 bits per heavy atom. The molecule has 0 radical (unpaired) electrons. The maximum Gasteiger partial charge on any atom is 0.409 e. The fourth-order valence-corrected chi connectivity index (χ4v) is 3.46. The minimum absolute atomic E-state index is 0.0722. The first kappa shape index (κ1) is 22.9. The van der Waals surface area contributed by atoms with Gasteiger partial charge in [-0.2, -0.15) is 0 Å². The molecular weight excluding hydrogens is 374 g/mol. The van der Waals surface area contributed by atoms with Gasteiger partial charge in [0.15, 0.2) is 5.78 Å². The van der Waals surface area contributed by atoms with Crippen LogP contribution in [0, 0.1) is 19.8 Å². The SMILES string of the molecule is CCOC(=O)c1c(C)[nH]c(C(=O)CN2CCCN(C(=O)OCC(C)C)CC2)c1C. The molecule has 1 aromatic rings. The largest absolute Gasteiger partial charge is 0.462 e. The highest BCUT2D eigenvalue weighted by atomic mass is 16.6. The van der Waals surface area contributed by atoms with Crippen molar-refractivity contribution < 1.29 is 23.9 Å². The summed E-state index contributed by atoms with van der Waals surface area (Å²) in [6.45, 7) is 12.7. The van der Waals surface area contributed by atoms with E-state index in [-0.39, 0.29) is 25.0 Å². The topological polar surface area (TPSA) is 91.9 Å². The van der Waals surface area contributed by atoms with Crippen molar-refractivity contribution in [3.05, 3.63) is 22.5 Å². The second-order valence-electron chi connectivity index (χ2n) is 7.86. The number of esters is 1. The van der Waals surface area contributed by atoms with E-state index in [1.807, 2.05) is 18.7 Å². The van der Waals surface area contributed by atoms with E-state index >= 15 is 0 Å². The molecule has 0 spiro atoms. The van der Waals surface area contributed by atoms with Crippen LogP contribution in [-0.2, 0) is 9.47 Å². The Morgan fingerprint density at radius 2 is 1.79 bits per heavy atom. The van der Waals surface area contributed by atoms with Crippen LogP contribution < -0.4 is 0 Å². The van der Waals surface area contributed by atoms with Crippen molar-refractivity contribution in [2.24, 2.45) is 5.92 Å². The zero-order chi connectivity index (χ0) is 21.6. The maximum atomic E-state index is 12.9. The van der Waals surface area contributed by atoms with E-state index in [4.69, 9.17) is 9.47 Å². The Balaban J connectivity index is 1.97. The summed E-state index contributed by atoms with van der Waals surface area (Å²) >= 11 is 0. The maximum absolute atomic E-state index is 12.9. The standard InChI is InChI=1S/C21H33N3O5/c1-6-28-20(26)18-15(4)19(22-16(18)5)17(25)12-23-8-7-9-24(11-10-23)21(27)29-13-14(2)3/h14,22H,6-13H2,1-5H3. The summed E-state index contributed by atoms with van der Waals surface area (Å²) in [7, 11) is 0. The Bertz CT molecular complexity index is 741. The van der Waals surface area contributed by atoms with E-state index < -0.39 is 5.97 Å². The summed E-state index contributed by atoms with van der Waals surface area (Å²) in [6.07, 6.45) is 0.489. The molecule has 0 bridgehead atoms. The van der Waals surface area contributed by atoms with Gasteiger partial charge >= 0.3 is 12.1 Å². The number of carbonyl (C=O) groups excluding carboxylic acids is 3. The molecule has 0 unspecified atom stereocenters. The summed E-state index contributed by atoms with van der Waals surface area (Å²) in [4.78, 5) is 44.0. The first-order chi connectivity index (χ1) is 13.7. The fraction of sp³-hybridized carbons (Fsp3) is 0.667. The molecule has 1 amide bonds. The normalized spacial score (nSPS) is 15.3. The zero-order valence-corrected chi connectivity index (χ0v) is 18.2. The summed E-state index contributed by atoms with van der Waals surface area (Å²) < 4.78 is 10.4. The first-order valence-corrected chi connectivity index (χ1v) is 10.3. The lowest BCUT2D eigenvalue weighted by Crippen LogP contribution is -2.37. The van der Waals surface area contributed by atoms with E-state index in [0.29, 0.717) is 54.7 Å². The van der Waals surface area contributed by atoms with E-state index in [1.54, 1.807) is 25.7 Å². The first-order valence-electron chi connectivity index (χ1n) is 10.3. The van der Waals surface area contributed by atoms with E-state index in [2.05, 4.69) is 4.98 Å². The number of nitrogens with one attached hydrogen (secondary N) is 1. The van der Waals surface area contributed by atoms with Crippen molar-refractivity contribution in [2.45, 2.75) is 41.0 Å². The molecule has 1 saturated heterocycles. The van der Waals surface area contributed by atoms with Crippen LogP contribution in [-0.4, -0.2) is 78.6 Å². The third-order valence-corrected chi connectivity index (χ3v) is 4.95. The molecule has 0 saturated carbocycles. The molecule has 1 fully saturated rings. The van der Waals surface area contributed by atoms with Gasteiger partial charge < -0.3 is 19.4 Å². The quantitative estimate of drug-likeness (QED) is 0.552. The van der Waals surface area contributed by atoms with Gasteiger partial charge in [-0.05, 0) is 38.7 Å². The van der Waals surface area contributed by atoms with Gasteiger partial charge in [-0.1, -0.05) is 13.8 Å². The van der Waals surface area contributed by atoms with Crippen molar-refractivity contribution in [3.8, 4) is 0 Å². The number of aromatic amines is 1. The highest BCUT2D eigenvalue weighted by Gasteiger charge is 2.26. The van der Waals surface area contributed by atoms with Crippen LogP contribution in [0.5, 0.6) is 0 Å². The minimum atomic E-state index is -0.414. The van der Waals surface area contributed by atoms with Crippen LogP contribution in [0.25, 0.3) is 0 Å². The number of amides is 1. The second kappa shape index (κ2) is 10.4. The van der Waals surface area contributed by atoms with Gasteiger partial charge in [-0.15, -0.1) is 0 Å². The molecule has 1 N–H and O–H groups in total. The van der Waals surface area contributed by atoms with Crippen molar-refractivity contribution in [1.82, 2.24) is 14.8 Å². The van der Waals surface area contributed by atoms with Crippen LogP contribution in [0.15, 0.2) is 0 Å². The number of aryl methyl sites for hydroxylation is 1. The highest BCUT2D eigenvalue weighted by Crippen LogP contribution is 2.20. The van der Waals surface area contributed by atoms with E-state index in [9.17, 15) is 14.4 Å². The Labute approximate surface area is 172 Å². The van der Waals surface area contributed by atoms with Crippen molar-refractivity contribution in [3.63, 3.8) is 0 Å². The molecule has 8 heteroatoms. The molecular formula is C21H33N3O5. The Hall–Kier alpha value is -2.35. The number of rotatable bonds is 7. The average Bonchev–Trinajstić information content (AvgIpc) is 2.82. The molecule has 2 rings (SSSR count). The molecule has 8 nitrogen and oxygen atoms in total. The van der Waals surface area contributed by atoms with E-state index in [1.165, 1.54) is 0 Å². The number of ether oxygens (including phenoxy) is 2. The molecule has 0 aliphatic carbocycles. The minimum Gasteiger partial charge on any atom is -0.462 e.